The lowest BCUT2D eigenvalue weighted by Gasteiger charge is -2.12. The van der Waals surface area contributed by atoms with Crippen molar-refractivity contribution < 1.29 is 4.79 Å². The van der Waals surface area contributed by atoms with Gasteiger partial charge in [-0.25, -0.2) is 4.68 Å². The number of hydrogen-bond donors (Lipinski definition) is 1. The molecule has 0 saturated carbocycles. The summed E-state index contributed by atoms with van der Waals surface area (Å²) >= 11 is 7.44. The standard InChI is InChI=1S/C15H16ClN5OS/c1-10(2)21-12(5-7-18-21)15(22)19-14-6-8-17-20(14)9-11-3-4-13(16)23-11/h3-8,10H,9H2,1-2H3,(H,19,22). The van der Waals surface area contributed by atoms with Crippen LogP contribution in [0.15, 0.2) is 36.7 Å². The van der Waals surface area contributed by atoms with Gasteiger partial charge in [-0.05, 0) is 32.0 Å². The molecule has 0 saturated heterocycles. The second-order valence-corrected chi connectivity index (χ2v) is 7.09. The first-order valence-electron chi connectivity index (χ1n) is 7.15. The molecule has 8 heteroatoms. The molecule has 3 heterocycles. The first-order chi connectivity index (χ1) is 11.0. The van der Waals surface area contributed by atoms with Crippen LogP contribution in [0.3, 0.4) is 0 Å². The predicted octanol–water partition coefficient (Wildman–Crippen LogP) is 3.68. The minimum absolute atomic E-state index is 0.115. The van der Waals surface area contributed by atoms with Crippen molar-refractivity contribution in [2.45, 2.75) is 26.4 Å². The third-order valence-electron chi connectivity index (χ3n) is 3.28. The highest BCUT2D eigenvalue weighted by molar-refractivity contribution is 7.16. The van der Waals surface area contributed by atoms with Crippen LogP contribution >= 0.6 is 22.9 Å². The van der Waals surface area contributed by atoms with Gasteiger partial charge in [0.1, 0.15) is 11.5 Å². The number of halogens is 1. The van der Waals surface area contributed by atoms with Crippen molar-refractivity contribution in [2.75, 3.05) is 5.32 Å². The van der Waals surface area contributed by atoms with Gasteiger partial charge in [-0.1, -0.05) is 11.6 Å². The third kappa shape index (κ3) is 3.46. The fraction of sp³-hybridized carbons (Fsp3) is 0.267. The zero-order chi connectivity index (χ0) is 16.4. The van der Waals surface area contributed by atoms with Crippen molar-refractivity contribution in [1.29, 1.82) is 0 Å². The van der Waals surface area contributed by atoms with Gasteiger partial charge in [0.2, 0.25) is 0 Å². The van der Waals surface area contributed by atoms with Gasteiger partial charge in [-0.15, -0.1) is 11.3 Å². The van der Waals surface area contributed by atoms with Crippen molar-refractivity contribution in [3.8, 4) is 0 Å². The topological polar surface area (TPSA) is 64.7 Å². The lowest BCUT2D eigenvalue weighted by molar-refractivity contribution is 0.101. The molecule has 0 aromatic carbocycles. The summed E-state index contributed by atoms with van der Waals surface area (Å²) in [6, 6.07) is 7.39. The van der Waals surface area contributed by atoms with Crippen molar-refractivity contribution in [3.05, 3.63) is 51.6 Å². The molecule has 3 aromatic rings. The fourth-order valence-corrected chi connectivity index (χ4v) is 3.30. The van der Waals surface area contributed by atoms with Gasteiger partial charge >= 0.3 is 0 Å². The van der Waals surface area contributed by atoms with Gasteiger partial charge in [0.05, 0.1) is 17.1 Å². The molecule has 1 N–H and O–H groups in total. The largest absolute Gasteiger partial charge is 0.305 e. The number of aromatic nitrogens is 4. The Bertz CT molecular complexity index is 819. The summed E-state index contributed by atoms with van der Waals surface area (Å²) in [6.45, 7) is 4.52. The van der Waals surface area contributed by atoms with E-state index >= 15 is 0 Å². The van der Waals surface area contributed by atoms with E-state index in [2.05, 4.69) is 15.5 Å². The van der Waals surface area contributed by atoms with Gasteiger partial charge in [0, 0.05) is 23.2 Å². The molecule has 3 aromatic heterocycles. The van der Waals surface area contributed by atoms with Gasteiger partial charge in [-0.3, -0.25) is 9.48 Å². The second kappa shape index (κ2) is 6.55. The Morgan fingerprint density at radius 3 is 2.74 bits per heavy atom. The average molecular weight is 350 g/mol. The van der Waals surface area contributed by atoms with Crippen LogP contribution in [-0.4, -0.2) is 25.5 Å². The van der Waals surface area contributed by atoms with Crippen LogP contribution < -0.4 is 5.32 Å². The molecule has 0 aliphatic heterocycles. The molecule has 6 nitrogen and oxygen atoms in total. The summed E-state index contributed by atoms with van der Waals surface area (Å²) in [5.74, 6) is 0.429. The van der Waals surface area contributed by atoms with Crippen LogP contribution in [0.4, 0.5) is 5.82 Å². The Kier molecular flexibility index (Phi) is 4.49. The number of thiophene rings is 1. The average Bonchev–Trinajstić information content (AvgIpc) is 3.21. The molecule has 0 aliphatic carbocycles. The van der Waals surface area contributed by atoms with Crippen LogP contribution in [0.5, 0.6) is 0 Å². The predicted molar refractivity (Wildman–Crippen MR) is 91.2 cm³/mol. The maximum atomic E-state index is 12.5. The molecule has 0 spiro atoms. The van der Waals surface area contributed by atoms with Crippen LogP contribution in [0.25, 0.3) is 0 Å². The summed E-state index contributed by atoms with van der Waals surface area (Å²) < 4.78 is 4.16. The van der Waals surface area contributed by atoms with Gasteiger partial charge < -0.3 is 5.32 Å². The van der Waals surface area contributed by atoms with E-state index in [0.29, 0.717) is 18.1 Å². The van der Waals surface area contributed by atoms with E-state index < -0.39 is 0 Å². The smallest absolute Gasteiger partial charge is 0.275 e. The number of carbonyl (C=O) groups is 1. The van der Waals surface area contributed by atoms with E-state index in [1.807, 2.05) is 26.0 Å². The quantitative estimate of drug-likeness (QED) is 0.764. The van der Waals surface area contributed by atoms with Gasteiger partial charge in [0.15, 0.2) is 0 Å². The molecular weight excluding hydrogens is 334 g/mol. The molecule has 120 valence electrons. The van der Waals surface area contributed by atoms with E-state index in [-0.39, 0.29) is 11.9 Å². The number of carbonyl (C=O) groups excluding carboxylic acids is 1. The van der Waals surface area contributed by atoms with Gasteiger partial charge in [-0.2, -0.15) is 10.2 Å². The normalized spacial score (nSPS) is 11.1. The number of rotatable bonds is 5. The number of nitrogens with one attached hydrogen (secondary N) is 1. The summed E-state index contributed by atoms with van der Waals surface area (Å²) in [4.78, 5) is 13.5. The van der Waals surface area contributed by atoms with Crippen molar-refractivity contribution in [1.82, 2.24) is 19.6 Å². The molecule has 0 radical (unpaired) electrons. The SMILES string of the molecule is CC(C)n1nccc1C(=O)Nc1ccnn1Cc1ccc(Cl)s1. The molecular formula is C15H16ClN5OS. The Balaban J connectivity index is 1.77. The number of amides is 1. The summed E-state index contributed by atoms with van der Waals surface area (Å²) in [7, 11) is 0. The van der Waals surface area contributed by atoms with Crippen LogP contribution in [0.1, 0.15) is 35.3 Å². The Hall–Kier alpha value is -2.12. The molecule has 0 bridgehead atoms. The highest BCUT2D eigenvalue weighted by Crippen LogP contribution is 2.23. The zero-order valence-electron chi connectivity index (χ0n) is 12.7. The van der Waals surface area contributed by atoms with Crippen molar-refractivity contribution in [2.24, 2.45) is 0 Å². The Morgan fingerprint density at radius 2 is 2.04 bits per heavy atom. The molecule has 3 rings (SSSR count). The minimum Gasteiger partial charge on any atom is -0.305 e. The van der Waals surface area contributed by atoms with Crippen molar-refractivity contribution in [3.63, 3.8) is 0 Å². The maximum absolute atomic E-state index is 12.5. The number of anilines is 1. The van der Waals surface area contributed by atoms with E-state index in [4.69, 9.17) is 11.6 Å². The summed E-state index contributed by atoms with van der Waals surface area (Å²) in [5, 5.41) is 11.3. The fourth-order valence-electron chi connectivity index (χ4n) is 2.24. The Morgan fingerprint density at radius 1 is 1.26 bits per heavy atom. The third-order valence-corrected chi connectivity index (χ3v) is 4.50. The molecule has 0 atom stereocenters. The molecule has 23 heavy (non-hydrogen) atoms. The summed E-state index contributed by atoms with van der Waals surface area (Å²) in [5.41, 5.74) is 0.520. The second-order valence-electron chi connectivity index (χ2n) is 5.29. The lowest BCUT2D eigenvalue weighted by atomic mass is 10.3. The first kappa shape index (κ1) is 15.8. The Labute approximate surface area is 142 Å². The highest BCUT2D eigenvalue weighted by Gasteiger charge is 2.16. The van der Waals surface area contributed by atoms with Crippen molar-refractivity contribution >= 4 is 34.7 Å². The van der Waals surface area contributed by atoms with E-state index in [9.17, 15) is 4.79 Å². The zero-order valence-corrected chi connectivity index (χ0v) is 14.3. The van der Waals surface area contributed by atoms with E-state index in [0.717, 1.165) is 9.21 Å². The van der Waals surface area contributed by atoms with Gasteiger partial charge in [0.25, 0.3) is 5.91 Å². The molecule has 1 amide bonds. The van der Waals surface area contributed by atoms with Crippen LogP contribution in [0.2, 0.25) is 4.34 Å². The minimum atomic E-state index is -0.206. The highest BCUT2D eigenvalue weighted by atomic mass is 35.5. The number of nitrogens with zero attached hydrogens (tertiary/aromatic N) is 4. The number of hydrogen-bond acceptors (Lipinski definition) is 4. The maximum Gasteiger partial charge on any atom is 0.275 e. The first-order valence-corrected chi connectivity index (χ1v) is 8.35. The molecule has 0 unspecified atom stereocenters. The monoisotopic (exact) mass is 349 g/mol. The molecule has 0 aliphatic rings. The van der Waals surface area contributed by atoms with E-state index in [1.165, 1.54) is 11.3 Å². The lowest BCUT2D eigenvalue weighted by Crippen LogP contribution is -2.20. The van der Waals surface area contributed by atoms with Crippen LogP contribution in [-0.2, 0) is 6.54 Å². The van der Waals surface area contributed by atoms with Crippen LogP contribution in [0, 0.1) is 0 Å². The summed E-state index contributed by atoms with van der Waals surface area (Å²) in [6.07, 6.45) is 3.28. The van der Waals surface area contributed by atoms with E-state index in [1.54, 1.807) is 33.9 Å². The molecule has 0 fully saturated rings.